The summed E-state index contributed by atoms with van der Waals surface area (Å²) in [5, 5.41) is 0. The van der Waals surface area contributed by atoms with Crippen molar-refractivity contribution in [3.63, 3.8) is 0 Å². The van der Waals surface area contributed by atoms with E-state index in [0.717, 1.165) is 50.8 Å². The van der Waals surface area contributed by atoms with E-state index in [1.165, 1.54) is 32.0 Å². The zero-order chi connectivity index (χ0) is 37.7. The van der Waals surface area contributed by atoms with Gasteiger partial charge in [0.15, 0.2) is 17.5 Å². The molecule has 57 heavy (non-hydrogen) atoms. The number of rotatable bonds is 5. The van der Waals surface area contributed by atoms with Crippen molar-refractivity contribution < 1.29 is 0 Å². The molecule has 0 aliphatic carbocycles. The first-order chi connectivity index (χ1) is 28.3. The highest BCUT2D eigenvalue weighted by molar-refractivity contribution is 7.99. The Morgan fingerprint density at radius 3 is 1.26 bits per heavy atom. The maximum Gasteiger partial charge on any atom is 0.164 e. The van der Waals surface area contributed by atoms with Gasteiger partial charge in [-0.25, -0.2) is 15.0 Å². The Hall–Kier alpha value is -7.28. The van der Waals surface area contributed by atoms with Gasteiger partial charge in [0.2, 0.25) is 0 Å². The van der Waals surface area contributed by atoms with Crippen LogP contribution in [0, 0.1) is 0 Å². The van der Waals surface area contributed by atoms with Gasteiger partial charge in [0.25, 0.3) is 0 Å². The van der Waals surface area contributed by atoms with Crippen LogP contribution in [0.2, 0.25) is 0 Å². The molecular weight excluding hydrogens is 715 g/mol. The van der Waals surface area contributed by atoms with Crippen LogP contribution in [0.1, 0.15) is 0 Å². The summed E-state index contributed by atoms with van der Waals surface area (Å²) in [6, 6.07) is 70.6. The third-order valence-electron chi connectivity index (χ3n) is 10.6. The number of para-hydroxylation sites is 3. The molecule has 9 aromatic rings. The fourth-order valence-corrected chi connectivity index (χ4v) is 9.10. The minimum Gasteiger partial charge on any atom is -0.309 e. The van der Waals surface area contributed by atoms with Crippen LogP contribution in [0.25, 0.3) is 56.4 Å². The Balaban J connectivity index is 1.01. The van der Waals surface area contributed by atoms with Gasteiger partial charge < -0.3 is 9.80 Å². The van der Waals surface area contributed by atoms with Gasteiger partial charge in [-0.2, -0.15) is 0 Å². The van der Waals surface area contributed by atoms with Crippen molar-refractivity contribution in [3.8, 4) is 56.4 Å². The predicted octanol–water partition coefficient (Wildman–Crippen LogP) is 13.9. The first-order valence-electron chi connectivity index (χ1n) is 19.0. The molecule has 2 aliphatic rings. The van der Waals surface area contributed by atoms with Crippen LogP contribution in [0.3, 0.4) is 0 Å². The molecule has 0 saturated carbocycles. The van der Waals surface area contributed by atoms with Crippen molar-refractivity contribution in [2.24, 2.45) is 0 Å². The molecule has 3 heterocycles. The highest BCUT2D eigenvalue weighted by Crippen LogP contribution is 2.55. The number of nitrogens with zero attached hydrogens (tertiary/aromatic N) is 5. The highest BCUT2D eigenvalue weighted by atomic mass is 32.2. The predicted molar refractivity (Wildman–Crippen MR) is 234 cm³/mol. The number of hydrogen-bond donors (Lipinski definition) is 0. The maximum absolute atomic E-state index is 4.98. The average Bonchev–Trinajstić information content (AvgIpc) is 3.41. The van der Waals surface area contributed by atoms with E-state index in [-0.39, 0.29) is 0 Å². The second-order valence-electron chi connectivity index (χ2n) is 14.1. The molecular formula is C51H33N5S. The second kappa shape index (κ2) is 13.8. The van der Waals surface area contributed by atoms with E-state index < -0.39 is 0 Å². The van der Waals surface area contributed by atoms with Crippen molar-refractivity contribution in [3.05, 3.63) is 200 Å². The number of fused-ring (bicyclic) bond motifs is 7. The number of hydrogen-bond acceptors (Lipinski definition) is 6. The minimum absolute atomic E-state index is 0.633. The van der Waals surface area contributed by atoms with E-state index in [2.05, 4.69) is 149 Å². The van der Waals surface area contributed by atoms with E-state index in [4.69, 9.17) is 15.0 Å². The molecule has 6 heteroatoms. The Bertz CT molecular complexity index is 2820. The van der Waals surface area contributed by atoms with Gasteiger partial charge >= 0.3 is 0 Å². The fraction of sp³-hybridized carbons (Fsp3) is 0. The molecule has 0 N–H and O–H groups in total. The van der Waals surface area contributed by atoms with Gasteiger partial charge in [0.05, 0.1) is 22.7 Å². The molecule has 0 unspecified atom stereocenters. The zero-order valence-electron chi connectivity index (χ0n) is 30.7. The molecule has 0 fully saturated rings. The van der Waals surface area contributed by atoms with E-state index >= 15 is 0 Å². The molecule has 0 radical (unpaired) electrons. The molecule has 0 amide bonds. The summed E-state index contributed by atoms with van der Waals surface area (Å²) in [5.74, 6) is 1.93. The average molecular weight is 748 g/mol. The molecule has 11 rings (SSSR count). The maximum atomic E-state index is 4.98. The summed E-state index contributed by atoms with van der Waals surface area (Å²) < 4.78 is 0. The van der Waals surface area contributed by atoms with Gasteiger partial charge in [-0.15, -0.1) is 0 Å². The lowest BCUT2D eigenvalue weighted by atomic mass is 9.95. The quantitative estimate of drug-likeness (QED) is 0.175. The molecule has 8 aromatic carbocycles. The molecule has 0 spiro atoms. The lowest BCUT2D eigenvalue weighted by molar-refractivity contribution is 1.07. The van der Waals surface area contributed by atoms with Crippen LogP contribution in [0.15, 0.2) is 210 Å². The van der Waals surface area contributed by atoms with Gasteiger partial charge in [-0.3, -0.25) is 0 Å². The van der Waals surface area contributed by atoms with E-state index in [9.17, 15) is 0 Å². The van der Waals surface area contributed by atoms with E-state index in [0.29, 0.717) is 17.5 Å². The molecule has 268 valence electrons. The third kappa shape index (κ3) is 5.77. The van der Waals surface area contributed by atoms with Crippen molar-refractivity contribution in [2.45, 2.75) is 9.79 Å². The third-order valence-corrected chi connectivity index (χ3v) is 11.8. The van der Waals surface area contributed by atoms with Crippen LogP contribution in [0.5, 0.6) is 0 Å². The first-order valence-corrected chi connectivity index (χ1v) is 19.8. The SMILES string of the molecule is c1ccc(-c2nc(-c3ccccc3)nc(-c3ccc(N4c5ccccc5Sc5cc(N6c7ccccc7-c7ccccc7-c7ccccc76)ccc54)cc3)n2)cc1. The van der Waals surface area contributed by atoms with Crippen LogP contribution in [-0.2, 0) is 0 Å². The summed E-state index contributed by atoms with van der Waals surface area (Å²) in [5.41, 5.74) is 14.5. The topological polar surface area (TPSA) is 45.2 Å². The van der Waals surface area contributed by atoms with Gasteiger partial charge in [0.1, 0.15) is 0 Å². The standard InChI is InChI=1S/C51H33N5S/c1-3-15-34(16-4-1)49-52-50(35-17-5-2-6-18-35)54-51(53-49)36-27-29-37(30-28-36)55-45-25-13-14-26-47(45)57-48-33-38(31-32-46(48)55)56-43-23-11-9-21-41(43)39-19-7-8-20-40(39)42-22-10-12-24-44(42)56/h1-33H. The van der Waals surface area contributed by atoms with Crippen LogP contribution < -0.4 is 9.80 Å². The molecule has 0 atom stereocenters. The van der Waals surface area contributed by atoms with Crippen molar-refractivity contribution >= 4 is 45.9 Å². The largest absolute Gasteiger partial charge is 0.309 e. The number of benzene rings is 8. The Morgan fingerprint density at radius 1 is 0.298 bits per heavy atom. The number of aromatic nitrogens is 3. The Labute approximate surface area is 335 Å². The summed E-state index contributed by atoms with van der Waals surface area (Å²) >= 11 is 1.82. The van der Waals surface area contributed by atoms with Crippen molar-refractivity contribution in [1.29, 1.82) is 0 Å². The highest BCUT2D eigenvalue weighted by Gasteiger charge is 2.29. The molecule has 0 bridgehead atoms. The van der Waals surface area contributed by atoms with Crippen LogP contribution >= 0.6 is 11.8 Å². The number of anilines is 6. The summed E-state index contributed by atoms with van der Waals surface area (Å²) in [7, 11) is 0. The molecule has 0 saturated heterocycles. The monoisotopic (exact) mass is 747 g/mol. The fourth-order valence-electron chi connectivity index (χ4n) is 8.01. The van der Waals surface area contributed by atoms with E-state index in [1.54, 1.807) is 0 Å². The smallest absolute Gasteiger partial charge is 0.164 e. The lowest BCUT2D eigenvalue weighted by Gasteiger charge is -2.34. The van der Waals surface area contributed by atoms with Gasteiger partial charge in [-0.05, 0) is 77.9 Å². The normalized spacial score (nSPS) is 12.4. The summed E-state index contributed by atoms with van der Waals surface area (Å²) in [6.45, 7) is 0. The lowest BCUT2D eigenvalue weighted by Crippen LogP contribution is -2.16. The molecule has 2 aliphatic heterocycles. The molecule has 1 aromatic heterocycles. The Kier molecular flexibility index (Phi) is 8.00. The van der Waals surface area contributed by atoms with Gasteiger partial charge in [0, 0.05) is 49.0 Å². The van der Waals surface area contributed by atoms with Crippen LogP contribution in [0.4, 0.5) is 34.1 Å². The first kappa shape index (κ1) is 33.1. The van der Waals surface area contributed by atoms with E-state index in [1.807, 2.05) is 72.4 Å². The second-order valence-corrected chi connectivity index (χ2v) is 15.1. The minimum atomic E-state index is 0.633. The zero-order valence-corrected chi connectivity index (χ0v) is 31.5. The van der Waals surface area contributed by atoms with Crippen LogP contribution in [-0.4, -0.2) is 15.0 Å². The van der Waals surface area contributed by atoms with Crippen molar-refractivity contribution in [1.82, 2.24) is 15.0 Å². The molecule has 5 nitrogen and oxygen atoms in total. The summed E-state index contributed by atoms with van der Waals surface area (Å²) in [4.78, 5) is 22.0. The Morgan fingerprint density at radius 2 is 0.702 bits per heavy atom. The van der Waals surface area contributed by atoms with Crippen molar-refractivity contribution in [2.75, 3.05) is 9.80 Å². The summed E-state index contributed by atoms with van der Waals surface area (Å²) in [6.07, 6.45) is 0. The van der Waals surface area contributed by atoms with Gasteiger partial charge in [-0.1, -0.05) is 145 Å².